The summed E-state index contributed by atoms with van der Waals surface area (Å²) < 4.78 is 1.64. The first-order valence-electron chi connectivity index (χ1n) is 4.79. The maximum Gasteiger partial charge on any atom is 0.510 e. The van der Waals surface area contributed by atoms with Crippen molar-refractivity contribution in [3.63, 3.8) is 0 Å². The van der Waals surface area contributed by atoms with Gasteiger partial charge in [0.1, 0.15) is 0 Å². The highest BCUT2D eigenvalue weighted by molar-refractivity contribution is 6.57. The van der Waals surface area contributed by atoms with E-state index in [-0.39, 0.29) is 5.59 Å². The second-order valence-electron chi connectivity index (χ2n) is 3.44. The van der Waals surface area contributed by atoms with Crippen molar-refractivity contribution < 1.29 is 10.0 Å². The molecule has 0 radical (unpaired) electrons. The van der Waals surface area contributed by atoms with E-state index in [4.69, 9.17) is 21.6 Å². The smallest absolute Gasteiger partial charge is 0.422 e. The van der Waals surface area contributed by atoms with Crippen LogP contribution in [0.3, 0.4) is 0 Å². The maximum atomic E-state index is 8.90. The first-order chi connectivity index (χ1) is 7.65. The van der Waals surface area contributed by atoms with E-state index >= 15 is 0 Å². The van der Waals surface area contributed by atoms with Crippen LogP contribution in [0.5, 0.6) is 0 Å². The quantitative estimate of drug-likeness (QED) is 0.752. The summed E-state index contributed by atoms with van der Waals surface area (Å²) in [6.07, 6.45) is 1.70. The van der Waals surface area contributed by atoms with Crippen molar-refractivity contribution >= 4 is 24.3 Å². The Bertz CT molecular complexity index is 470. The Morgan fingerprint density at radius 3 is 2.44 bits per heavy atom. The summed E-state index contributed by atoms with van der Waals surface area (Å²) in [6, 6.07) is 8.99. The van der Waals surface area contributed by atoms with Crippen LogP contribution in [0.4, 0.5) is 0 Å². The van der Waals surface area contributed by atoms with Crippen molar-refractivity contribution in [3.05, 3.63) is 47.1 Å². The first-order valence-corrected chi connectivity index (χ1v) is 5.17. The van der Waals surface area contributed by atoms with Crippen LogP contribution in [0, 0.1) is 0 Å². The standard InChI is InChI=1S/C10H10BClN2O2/c12-9-3-1-8(2-4-9)7-14-6-5-10(13-14)11(15)16/h1-6,15-16H,7H2. The largest absolute Gasteiger partial charge is 0.510 e. The zero-order chi connectivity index (χ0) is 11.5. The number of halogens is 1. The molecule has 0 aliphatic heterocycles. The van der Waals surface area contributed by atoms with E-state index in [0.29, 0.717) is 11.6 Å². The monoisotopic (exact) mass is 236 g/mol. The van der Waals surface area contributed by atoms with Crippen molar-refractivity contribution in [2.24, 2.45) is 0 Å². The average Bonchev–Trinajstić information content (AvgIpc) is 2.70. The third kappa shape index (κ3) is 2.63. The van der Waals surface area contributed by atoms with Gasteiger partial charge < -0.3 is 10.0 Å². The van der Waals surface area contributed by atoms with Gasteiger partial charge in [-0.3, -0.25) is 4.68 Å². The highest BCUT2D eigenvalue weighted by atomic mass is 35.5. The highest BCUT2D eigenvalue weighted by Crippen LogP contribution is 2.10. The Labute approximate surface area is 98.2 Å². The van der Waals surface area contributed by atoms with Gasteiger partial charge in [-0.2, -0.15) is 5.10 Å². The number of hydrogen-bond acceptors (Lipinski definition) is 3. The maximum absolute atomic E-state index is 8.90. The second-order valence-corrected chi connectivity index (χ2v) is 3.87. The SMILES string of the molecule is OB(O)c1ccn(Cc2ccc(Cl)cc2)n1. The molecule has 4 nitrogen and oxygen atoms in total. The fourth-order valence-corrected chi connectivity index (χ4v) is 1.51. The van der Waals surface area contributed by atoms with Gasteiger partial charge in [0.15, 0.2) is 0 Å². The lowest BCUT2D eigenvalue weighted by atomic mass is 9.87. The van der Waals surface area contributed by atoms with Crippen molar-refractivity contribution in [2.75, 3.05) is 0 Å². The van der Waals surface area contributed by atoms with Crippen LogP contribution < -0.4 is 5.59 Å². The molecule has 0 fully saturated rings. The van der Waals surface area contributed by atoms with Crippen molar-refractivity contribution in [1.82, 2.24) is 9.78 Å². The molecule has 2 N–H and O–H groups in total. The van der Waals surface area contributed by atoms with Gasteiger partial charge in [0, 0.05) is 11.2 Å². The molecule has 82 valence electrons. The fraction of sp³-hybridized carbons (Fsp3) is 0.100. The van der Waals surface area contributed by atoms with E-state index in [2.05, 4.69) is 5.10 Å². The zero-order valence-corrected chi connectivity index (χ0v) is 9.17. The third-order valence-electron chi connectivity index (χ3n) is 2.18. The minimum Gasteiger partial charge on any atom is -0.422 e. The number of aromatic nitrogens is 2. The summed E-state index contributed by atoms with van der Waals surface area (Å²) in [4.78, 5) is 0. The Morgan fingerprint density at radius 2 is 1.88 bits per heavy atom. The Kier molecular flexibility index (Phi) is 3.29. The zero-order valence-electron chi connectivity index (χ0n) is 8.42. The number of rotatable bonds is 3. The van der Waals surface area contributed by atoms with Gasteiger partial charge >= 0.3 is 7.12 Å². The minimum atomic E-state index is -1.52. The van der Waals surface area contributed by atoms with Crippen molar-refractivity contribution in [2.45, 2.75) is 6.54 Å². The van der Waals surface area contributed by atoms with E-state index in [9.17, 15) is 0 Å². The summed E-state index contributed by atoms with van der Waals surface area (Å²) in [5, 5.41) is 22.5. The van der Waals surface area contributed by atoms with Crippen molar-refractivity contribution in [3.8, 4) is 0 Å². The molecule has 0 atom stereocenters. The van der Waals surface area contributed by atoms with Crippen LogP contribution in [-0.4, -0.2) is 26.9 Å². The second kappa shape index (κ2) is 4.70. The van der Waals surface area contributed by atoms with Crippen LogP contribution in [-0.2, 0) is 6.54 Å². The Hall–Kier alpha value is -1.30. The predicted octanol–water partition coefficient (Wildman–Crippen LogP) is 0.265. The third-order valence-corrected chi connectivity index (χ3v) is 2.44. The van der Waals surface area contributed by atoms with Crippen LogP contribution in [0.25, 0.3) is 0 Å². The van der Waals surface area contributed by atoms with Gasteiger partial charge in [-0.15, -0.1) is 0 Å². The molecule has 0 bridgehead atoms. The molecule has 2 aromatic rings. The molecule has 2 rings (SSSR count). The molecule has 0 saturated carbocycles. The van der Waals surface area contributed by atoms with Gasteiger partial charge in [0.2, 0.25) is 0 Å². The minimum absolute atomic E-state index is 0.244. The molecule has 1 aromatic heterocycles. The van der Waals surface area contributed by atoms with Gasteiger partial charge in [0.25, 0.3) is 0 Å². The van der Waals surface area contributed by atoms with Crippen LogP contribution in [0.15, 0.2) is 36.5 Å². The summed E-state index contributed by atoms with van der Waals surface area (Å²) in [7, 11) is -1.52. The molecule has 0 amide bonds. The van der Waals surface area contributed by atoms with E-state index in [1.54, 1.807) is 16.9 Å². The van der Waals surface area contributed by atoms with Gasteiger partial charge in [-0.05, 0) is 23.8 Å². The van der Waals surface area contributed by atoms with E-state index in [1.165, 1.54) is 0 Å². The van der Waals surface area contributed by atoms with Gasteiger partial charge in [0.05, 0.1) is 12.1 Å². The highest BCUT2D eigenvalue weighted by Gasteiger charge is 2.14. The van der Waals surface area contributed by atoms with Crippen LogP contribution >= 0.6 is 11.6 Å². The topological polar surface area (TPSA) is 58.3 Å². The number of nitrogens with zero attached hydrogens (tertiary/aromatic N) is 2. The summed E-state index contributed by atoms with van der Waals surface area (Å²) >= 11 is 5.77. The lowest BCUT2D eigenvalue weighted by Gasteiger charge is -2.01. The molecule has 1 heterocycles. The van der Waals surface area contributed by atoms with Crippen molar-refractivity contribution in [1.29, 1.82) is 0 Å². The molecule has 0 aliphatic rings. The van der Waals surface area contributed by atoms with Gasteiger partial charge in [-0.25, -0.2) is 0 Å². The fourth-order valence-electron chi connectivity index (χ4n) is 1.38. The Morgan fingerprint density at radius 1 is 1.19 bits per heavy atom. The van der Waals surface area contributed by atoms with Gasteiger partial charge in [-0.1, -0.05) is 23.7 Å². The molecule has 0 unspecified atom stereocenters. The molecule has 0 saturated heterocycles. The molecule has 16 heavy (non-hydrogen) atoms. The molecule has 1 aromatic carbocycles. The van der Waals surface area contributed by atoms with E-state index in [1.807, 2.05) is 24.3 Å². The summed E-state index contributed by atoms with van der Waals surface area (Å²) in [5.41, 5.74) is 1.29. The lowest BCUT2D eigenvalue weighted by molar-refractivity contribution is 0.423. The predicted molar refractivity (Wildman–Crippen MR) is 62.6 cm³/mol. The first kappa shape index (κ1) is 11.2. The molecule has 6 heteroatoms. The molecule has 0 spiro atoms. The average molecular weight is 236 g/mol. The summed E-state index contributed by atoms with van der Waals surface area (Å²) in [5.74, 6) is 0. The van der Waals surface area contributed by atoms with E-state index < -0.39 is 7.12 Å². The molecular weight excluding hydrogens is 226 g/mol. The van der Waals surface area contributed by atoms with E-state index in [0.717, 1.165) is 5.56 Å². The molecular formula is C10H10BClN2O2. The summed E-state index contributed by atoms with van der Waals surface area (Å²) in [6.45, 7) is 0.573. The number of hydrogen-bond donors (Lipinski definition) is 2. The molecule has 0 aliphatic carbocycles. The Balaban J connectivity index is 2.11. The number of benzene rings is 1. The van der Waals surface area contributed by atoms with Crippen LogP contribution in [0.2, 0.25) is 5.02 Å². The lowest BCUT2D eigenvalue weighted by Crippen LogP contribution is -2.31. The normalized spacial score (nSPS) is 10.4. The van der Waals surface area contributed by atoms with Crippen LogP contribution in [0.1, 0.15) is 5.56 Å².